The summed E-state index contributed by atoms with van der Waals surface area (Å²) in [6, 6.07) is 3.99. The van der Waals surface area contributed by atoms with Crippen LogP contribution in [0.1, 0.15) is 40.4 Å². The number of anilines is 1. The molecule has 0 spiro atoms. The van der Waals surface area contributed by atoms with E-state index in [0.29, 0.717) is 0 Å². The fraction of sp³-hybridized carbons (Fsp3) is 0.667. The van der Waals surface area contributed by atoms with Crippen molar-refractivity contribution >= 4 is 11.5 Å². The van der Waals surface area contributed by atoms with Gasteiger partial charge in [0.15, 0.2) is 11.5 Å². The minimum absolute atomic E-state index is 0.195. The molecular formula is C15H23N5O. The van der Waals surface area contributed by atoms with E-state index in [4.69, 9.17) is 9.84 Å². The standard InChI is InChI=1S/C15H23N5O/c1-6-11-16-17-12-7-8-13(18-20(11)12)19-9-14(2,3)21-15(4,5)10-19/h7-8H,6,9-10H2,1-5H3. The third-order valence-corrected chi connectivity index (χ3v) is 3.65. The van der Waals surface area contributed by atoms with E-state index in [-0.39, 0.29) is 11.2 Å². The molecule has 0 bridgehead atoms. The highest BCUT2D eigenvalue weighted by Crippen LogP contribution is 2.30. The second-order valence-corrected chi connectivity index (χ2v) is 6.91. The molecule has 114 valence electrons. The van der Waals surface area contributed by atoms with E-state index in [0.717, 1.165) is 36.8 Å². The quantitative estimate of drug-likeness (QED) is 0.847. The van der Waals surface area contributed by atoms with Crippen molar-refractivity contribution in [1.29, 1.82) is 0 Å². The summed E-state index contributed by atoms with van der Waals surface area (Å²) in [5.41, 5.74) is 0.403. The van der Waals surface area contributed by atoms with Crippen molar-refractivity contribution in [1.82, 2.24) is 19.8 Å². The molecule has 3 rings (SSSR count). The predicted octanol–water partition coefficient (Wildman–Crippen LogP) is 2.08. The molecule has 0 aromatic carbocycles. The van der Waals surface area contributed by atoms with Gasteiger partial charge in [0, 0.05) is 19.5 Å². The van der Waals surface area contributed by atoms with Crippen molar-refractivity contribution in [3.8, 4) is 0 Å². The molecule has 1 fully saturated rings. The first kappa shape index (κ1) is 14.3. The molecule has 3 heterocycles. The molecule has 0 saturated carbocycles. The van der Waals surface area contributed by atoms with Crippen LogP contribution in [0.5, 0.6) is 0 Å². The van der Waals surface area contributed by atoms with Crippen LogP contribution in [-0.4, -0.2) is 44.1 Å². The molecule has 0 N–H and O–H groups in total. The summed E-state index contributed by atoms with van der Waals surface area (Å²) in [5, 5.41) is 13.0. The van der Waals surface area contributed by atoms with Crippen LogP contribution in [0.4, 0.5) is 5.82 Å². The summed E-state index contributed by atoms with van der Waals surface area (Å²) < 4.78 is 7.97. The van der Waals surface area contributed by atoms with E-state index < -0.39 is 0 Å². The number of aromatic nitrogens is 4. The number of ether oxygens (including phenoxy) is 1. The lowest BCUT2D eigenvalue weighted by molar-refractivity contribution is -0.133. The fourth-order valence-electron chi connectivity index (χ4n) is 3.16. The van der Waals surface area contributed by atoms with E-state index >= 15 is 0 Å². The molecule has 0 amide bonds. The Labute approximate surface area is 125 Å². The molecule has 2 aromatic heterocycles. The summed E-state index contributed by atoms with van der Waals surface area (Å²) in [6.45, 7) is 12.2. The first-order valence-electron chi connectivity index (χ1n) is 7.46. The Hall–Kier alpha value is -1.69. The largest absolute Gasteiger partial charge is 0.366 e. The second-order valence-electron chi connectivity index (χ2n) is 6.91. The van der Waals surface area contributed by atoms with Crippen LogP contribution >= 0.6 is 0 Å². The number of rotatable bonds is 2. The lowest BCUT2D eigenvalue weighted by Crippen LogP contribution is -2.57. The summed E-state index contributed by atoms with van der Waals surface area (Å²) >= 11 is 0. The third-order valence-electron chi connectivity index (χ3n) is 3.65. The number of hydrogen-bond donors (Lipinski definition) is 0. The van der Waals surface area contributed by atoms with Crippen molar-refractivity contribution in [2.75, 3.05) is 18.0 Å². The van der Waals surface area contributed by atoms with E-state index in [1.165, 1.54) is 0 Å². The second kappa shape index (κ2) is 4.66. The van der Waals surface area contributed by atoms with Gasteiger partial charge in [0.1, 0.15) is 5.82 Å². The zero-order chi connectivity index (χ0) is 15.3. The maximum absolute atomic E-state index is 6.13. The van der Waals surface area contributed by atoms with Gasteiger partial charge in [-0.15, -0.1) is 15.3 Å². The monoisotopic (exact) mass is 289 g/mol. The van der Waals surface area contributed by atoms with Crippen molar-refractivity contribution < 1.29 is 4.74 Å². The minimum Gasteiger partial charge on any atom is -0.366 e. The molecule has 1 saturated heterocycles. The van der Waals surface area contributed by atoms with Crippen LogP contribution in [-0.2, 0) is 11.2 Å². The smallest absolute Gasteiger partial charge is 0.178 e. The lowest BCUT2D eigenvalue weighted by Gasteiger charge is -2.47. The molecule has 1 aliphatic heterocycles. The Morgan fingerprint density at radius 3 is 2.38 bits per heavy atom. The van der Waals surface area contributed by atoms with Gasteiger partial charge in [-0.2, -0.15) is 4.52 Å². The van der Waals surface area contributed by atoms with Crippen LogP contribution < -0.4 is 4.90 Å². The number of fused-ring (bicyclic) bond motifs is 1. The number of morpholine rings is 1. The first-order chi connectivity index (χ1) is 9.80. The zero-order valence-electron chi connectivity index (χ0n) is 13.4. The number of hydrogen-bond acceptors (Lipinski definition) is 5. The topological polar surface area (TPSA) is 55.5 Å². The third kappa shape index (κ3) is 2.72. The van der Waals surface area contributed by atoms with E-state index in [2.05, 4.69) is 49.7 Å². The highest BCUT2D eigenvalue weighted by molar-refractivity contribution is 5.46. The van der Waals surface area contributed by atoms with E-state index in [1.54, 1.807) is 0 Å². The molecule has 21 heavy (non-hydrogen) atoms. The van der Waals surface area contributed by atoms with Gasteiger partial charge in [-0.3, -0.25) is 0 Å². The van der Waals surface area contributed by atoms with Crippen molar-refractivity contribution in [3.05, 3.63) is 18.0 Å². The minimum atomic E-state index is -0.195. The Kier molecular flexibility index (Phi) is 3.16. The number of nitrogens with zero attached hydrogens (tertiary/aromatic N) is 5. The molecule has 1 aliphatic rings. The molecule has 0 aliphatic carbocycles. The summed E-state index contributed by atoms with van der Waals surface area (Å²) in [6.07, 6.45) is 0.817. The molecular weight excluding hydrogens is 266 g/mol. The summed E-state index contributed by atoms with van der Waals surface area (Å²) in [7, 11) is 0. The Bertz CT molecular complexity index is 645. The van der Waals surface area contributed by atoms with E-state index in [9.17, 15) is 0 Å². The lowest BCUT2D eigenvalue weighted by atomic mass is 9.99. The van der Waals surface area contributed by atoms with Crippen LogP contribution in [0.15, 0.2) is 12.1 Å². The summed E-state index contributed by atoms with van der Waals surface area (Å²) in [4.78, 5) is 2.28. The Morgan fingerprint density at radius 2 is 1.76 bits per heavy atom. The van der Waals surface area contributed by atoms with Crippen molar-refractivity contribution in [2.24, 2.45) is 0 Å². The average molecular weight is 289 g/mol. The zero-order valence-corrected chi connectivity index (χ0v) is 13.4. The molecule has 2 aromatic rings. The predicted molar refractivity (Wildman–Crippen MR) is 81.6 cm³/mol. The van der Waals surface area contributed by atoms with Crippen LogP contribution in [0.2, 0.25) is 0 Å². The molecule has 0 radical (unpaired) electrons. The first-order valence-corrected chi connectivity index (χ1v) is 7.46. The van der Waals surface area contributed by atoms with Gasteiger partial charge in [-0.05, 0) is 39.8 Å². The summed E-state index contributed by atoms with van der Waals surface area (Å²) in [5.74, 6) is 1.83. The van der Waals surface area contributed by atoms with Gasteiger partial charge in [-0.1, -0.05) is 6.92 Å². The van der Waals surface area contributed by atoms with Gasteiger partial charge in [0.2, 0.25) is 0 Å². The van der Waals surface area contributed by atoms with Crippen LogP contribution in [0.25, 0.3) is 5.65 Å². The van der Waals surface area contributed by atoms with Gasteiger partial charge >= 0.3 is 0 Å². The van der Waals surface area contributed by atoms with E-state index in [1.807, 2.05) is 16.6 Å². The maximum Gasteiger partial charge on any atom is 0.178 e. The highest BCUT2D eigenvalue weighted by atomic mass is 16.5. The fourth-order valence-corrected chi connectivity index (χ4v) is 3.16. The normalized spacial score (nSPS) is 20.9. The van der Waals surface area contributed by atoms with Crippen molar-refractivity contribution in [3.63, 3.8) is 0 Å². The molecule has 0 unspecified atom stereocenters. The average Bonchev–Trinajstić information content (AvgIpc) is 2.76. The van der Waals surface area contributed by atoms with Gasteiger partial charge in [0.05, 0.1) is 11.2 Å². The molecule has 6 heteroatoms. The molecule has 6 nitrogen and oxygen atoms in total. The van der Waals surface area contributed by atoms with Crippen molar-refractivity contribution in [2.45, 2.75) is 52.2 Å². The Morgan fingerprint density at radius 1 is 1.10 bits per heavy atom. The highest BCUT2D eigenvalue weighted by Gasteiger charge is 2.38. The Balaban J connectivity index is 1.99. The molecule has 0 atom stereocenters. The van der Waals surface area contributed by atoms with Gasteiger partial charge in [-0.25, -0.2) is 0 Å². The van der Waals surface area contributed by atoms with Gasteiger partial charge in [0.25, 0.3) is 0 Å². The number of aryl methyl sites for hydroxylation is 1. The maximum atomic E-state index is 6.13. The van der Waals surface area contributed by atoms with Crippen LogP contribution in [0, 0.1) is 0 Å². The SMILES string of the molecule is CCc1nnc2ccc(N3CC(C)(C)OC(C)(C)C3)nn12. The van der Waals surface area contributed by atoms with Crippen LogP contribution in [0.3, 0.4) is 0 Å². The van der Waals surface area contributed by atoms with Gasteiger partial charge < -0.3 is 9.64 Å².